The monoisotopic (exact) mass is 184 g/mol. The van der Waals surface area contributed by atoms with Gasteiger partial charge in [0.15, 0.2) is 6.29 Å². The van der Waals surface area contributed by atoms with E-state index in [0.717, 1.165) is 5.56 Å². The zero-order valence-electron chi connectivity index (χ0n) is 7.47. The molecule has 70 valence electrons. The molecular formula is C10H10F2O. The second kappa shape index (κ2) is 3.24. The van der Waals surface area contributed by atoms with Crippen molar-refractivity contribution in [2.45, 2.75) is 19.8 Å². The minimum Gasteiger partial charge on any atom is -0.296 e. The van der Waals surface area contributed by atoms with E-state index in [2.05, 4.69) is 0 Å². The lowest BCUT2D eigenvalue weighted by Crippen LogP contribution is -2.16. The van der Waals surface area contributed by atoms with Crippen molar-refractivity contribution in [2.24, 2.45) is 0 Å². The molecular weight excluding hydrogens is 174 g/mol. The molecule has 1 aromatic rings. The summed E-state index contributed by atoms with van der Waals surface area (Å²) in [6, 6.07) is 4.66. The molecule has 1 aromatic carbocycles. The van der Waals surface area contributed by atoms with Crippen LogP contribution in [0.3, 0.4) is 0 Å². The van der Waals surface area contributed by atoms with Crippen LogP contribution in [-0.2, 0) is 10.7 Å². The molecule has 0 aliphatic rings. The summed E-state index contributed by atoms with van der Waals surface area (Å²) in [4.78, 5) is 10.1. The summed E-state index contributed by atoms with van der Waals surface area (Å²) >= 11 is 0. The molecule has 0 unspecified atom stereocenters. The average Bonchev–Trinajstić information content (AvgIpc) is 2.09. The van der Waals surface area contributed by atoms with E-state index in [4.69, 9.17) is 0 Å². The first-order valence-electron chi connectivity index (χ1n) is 3.89. The van der Waals surface area contributed by atoms with E-state index in [0.29, 0.717) is 5.56 Å². The summed E-state index contributed by atoms with van der Waals surface area (Å²) < 4.78 is 25.9. The molecule has 1 nitrogen and oxygen atoms in total. The lowest BCUT2D eigenvalue weighted by molar-refractivity contribution is -0.130. The zero-order chi connectivity index (χ0) is 10.1. The standard InChI is InChI=1S/C10H10F2O/c1-7-3-4-8(2)9(5-7)10(11,12)6-13/h3-6H,1-2H3. The molecule has 0 atom stereocenters. The maximum atomic E-state index is 13.0. The first kappa shape index (κ1) is 9.84. The van der Waals surface area contributed by atoms with Crippen molar-refractivity contribution in [3.63, 3.8) is 0 Å². The van der Waals surface area contributed by atoms with Gasteiger partial charge in [-0.1, -0.05) is 17.7 Å². The summed E-state index contributed by atoms with van der Waals surface area (Å²) in [7, 11) is 0. The number of aryl methyl sites for hydroxylation is 2. The van der Waals surface area contributed by atoms with Gasteiger partial charge in [0.05, 0.1) is 0 Å². The van der Waals surface area contributed by atoms with Gasteiger partial charge in [0.25, 0.3) is 0 Å². The van der Waals surface area contributed by atoms with Crippen LogP contribution >= 0.6 is 0 Å². The van der Waals surface area contributed by atoms with Crippen molar-refractivity contribution in [2.75, 3.05) is 0 Å². The Kier molecular flexibility index (Phi) is 2.45. The van der Waals surface area contributed by atoms with Gasteiger partial charge >= 0.3 is 5.92 Å². The molecule has 0 N–H and O–H groups in total. The molecule has 0 spiro atoms. The Labute approximate surface area is 75.4 Å². The molecule has 0 aromatic heterocycles. The Morgan fingerprint density at radius 2 is 1.92 bits per heavy atom. The number of hydrogen-bond donors (Lipinski definition) is 0. The Morgan fingerprint density at radius 3 is 2.46 bits per heavy atom. The lowest BCUT2D eigenvalue weighted by atomic mass is 10.0. The van der Waals surface area contributed by atoms with Gasteiger partial charge in [-0.15, -0.1) is 0 Å². The van der Waals surface area contributed by atoms with Crippen LogP contribution in [0.5, 0.6) is 0 Å². The van der Waals surface area contributed by atoms with Crippen LogP contribution in [0, 0.1) is 13.8 Å². The van der Waals surface area contributed by atoms with Crippen LogP contribution in [0.4, 0.5) is 8.78 Å². The topological polar surface area (TPSA) is 17.1 Å². The lowest BCUT2D eigenvalue weighted by Gasteiger charge is -2.12. The van der Waals surface area contributed by atoms with Gasteiger partial charge in [-0.3, -0.25) is 4.79 Å². The summed E-state index contributed by atoms with van der Waals surface area (Å²) in [5.74, 6) is -3.36. The van der Waals surface area contributed by atoms with Crippen LogP contribution in [0.25, 0.3) is 0 Å². The van der Waals surface area contributed by atoms with Gasteiger partial charge in [0.2, 0.25) is 0 Å². The van der Waals surface area contributed by atoms with Crippen molar-refractivity contribution < 1.29 is 13.6 Å². The van der Waals surface area contributed by atoms with Crippen molar-refractivity contribution in [3.8, 4) is 0 Å². The third-order valence-corrected chi connectivity index (χ3v) is 1.90. The Morgan fingerprint density at radius 1 is 1.31 bits per heavy atom. The fourth-order valence-corrected chi connectivity index (χ4v) is 1.16. The molecule has 0 aliphatic heterocycles. The number of carbonyl (C=O) groups excluding carboxylic acids is 1. The highest BCUT2D eigenvalue weighted by molar-refractivity contribution is 5.64. The third kappa shape index (κ3) is 1.91. The van der Waals surface area contributed by atoms with Crippen LogP contribution in [-0.4, -0.2) is 6.29 Å². The number of aldehydes is 1. The Balaban J connectivity index is 3.28. The van der Waals surface area contributed by atoms with Crippen LogP contribution in [0.15, 0.2) is 18.2 Å². The van der Waals surface area contributed by atoms with Crippen molar-refractivity contribution in [3.05, 3.63) is 34.9 Å². The molecule has 0 saturated carbocycles. The van der Waals surface area contributed by atoms with Gasteiger partial charge in [-0.25, -0.2) is 0 Å². The van der Waals surface area contributed by atoms with Gasteiger partial charge in [-0.05, 0) is 25.5 Å². The zero-order valence-corrected chi connectivity index (χ0v) is 7.47. The smallest absolute Gasteiger partial charge is 0.296 e. The van der Waals surface area contributed by atoms with Gasteiger partial charge < -0.3 is 0 Å². The number of rotatable bonds is 2. The molecule has 1 rings (SSSR count). The molecule has 0 saturated heterocycles. The van der Waals surface area contributed by atoms with Gasteiger partial charge in [-0.2, -0.15) is 8.78 Å². The number of halogens is 2. The van der Waals surface area contributed by atoms with Crippen molar-refractivity contribution in [1.82, 2.24) is 0 Å². The molecule has 0 radical (unpaired) electrons. The number of alkyl halides is 2. The maximum absolute atomic E-state index is 13.0. The quantitative estimate of drug-likeness (QED) is 0.645. The van der Waals surface area contributed by atoms with Gasteiger partial charge in [0, 0.05) is 5.56 Å². The van der Waals surface area contributed by atoms with Crippen LogP contribution < -0.4 is 0 Å². The highest BCUT2D eigenvalue weighted by Gasteiger charge is 2.32. The van der Waals surface area contributed by atoms with Crippen LogP contribution in [0.1, 0.15) is 16.7 Å². The second-order valence-corrected chi connectivity index (χ2v) is 3.06. The van der Waals surface area contributed by atoms with Crippen molar-refractivity contribution >= 4 is 6.29 Å². The highest BCUT2D eigenvalue weighted by Crippen LogP contribution is 2.28. The fourth-order valence-electron chi connectivity index (χ4n) is 1.16. The summed E-state index contributed by atoms with van der Waals surface area (Å²) in [5.41, 5.74) is 0.951. The van der Waals surface area contributed by atoms with E-state index < -0.39 is 5.92 Å². The fraction of sp³-hybridized carbons (Fsp3) is 0.300. The molecule has 13 heavy (non-hydrogen) atoms. The predicted molar refractivity (Wildman–Crippen MR) is 45.9 cm³/mol. The van der Waals surface area contributed by atoms with Gasteiger partial charge in [0.1, 0.15) is 0 Å². The van der Waals surface area contributed by atoms with Crippen LogP contribution in [0.2, 0.25) is 0 Å². The summed E-state index contributed by atoms with van der Waals surface area (Å²) in [6.07, 6.45) is -0.325. The molecule has 0 amide bonds. The van der Waals surface area contributed by atoms with E-state index in [1.54, 1.807) is 26.0 Å². The Hall–Kier alpha value is -1.25. The maximum Gasteiger partial charge on any atom is 0.327 e. The third-order valence-electron chi connectivity index (χ3n) is 1.90. The second-order valence-electron chi connectivity index (χ2n) is 3.06. The first-order chi connectivity index (χ1) is 5.97. The molecule has 0 heterocycles. The number of benzene rings is 1. The first-order valence-corrected chi connectivity index (χ1v) is 3.89. The molecule has 3 heteroatoms. The number of carbonyl (C=O) groups is 1. The minimum atomic E-state index is -3.36. The van der Waals surface area contributed by atoms with Crippen molar-refractivity contribution in [1.29, 1.82) is 0 Å². The van der Waals surface area contributed by atoms with E-state index in [1.165, 1.54) is 6.07 Å². The van der Waals surface area contributed by atoms with E-state index in [9.17, 15) is 13.6 Å². The SMILES string of the molecule is Cc1ccc(C)c(C(F)(F)C=O)c1. The van der Waals surface area contributed by atoms with E-state index in [1.807, 2.05) is 0 Å². The molecule has 0 fully saturated rings. The molecule has 0 bridgehead atoms. The summed E-state index contributed by atoms with van der Waals surface area (Å²) in [5, 5.41) is 0. The summed E-state index contributed by atoms with van der Waals surface area (Å²) in [6.45, 7) is 3.27. The Bertz CT molecular complexity index is 332. The van der Waals surface area contributed by atoms with E-state index in [-0.39, 0.29) is 11.8 Å². The largest absolute Gasteiger partial charge is 0.327 e. The highest BCUT2D eigenvalue weighted by atomic mass is 19.3. The minimum absolute atomic E-state index is 0.206. The molecule has 0 aliphatic carbocycles. The average molecular weight is 184 g/mol. The normalized spacial score (nSPS) is 11.4. The predicted octanol–water partition coefficient (Wildman–Crippen LogP) is 2.59. The number of hydrogen-bond acceptors (Lipinski definition) is 1. The van der Waals surface area contributed by atoms with E-state index >= 15 is 0 Å².